The number of amides is 1. The Morgan fingerprint density at radius 1 is 1.30 bits per heavy atom. The monoisotopic (exact) mass is 407 g/mol. The van der Waals surface area contributed by atoms with Crippen molar-refractivity contribution in [2.24, 2.45) is 0 Å². The van der Waals surface area contributed by atoms with Gasteiger partial charge in [0.1, 0.15) is 11.4 Å². The van der Waals surface area contributed by atoms with E-state index in [9.17, 15) is 4.79 Å². The molecule has 0 aromatic carbocycles. The van der Waals surface area contributed by atoms with Crippen LogP contribution in [-0.4, -0.2) is 26.7 Å². The van der Waals surface area contributed by atoms with Gasteiger partial charge < -0.3 is 10.6 Å². The molecule has 3 heterocycles. The summed E-state index contributed by atoms with van der Waals surface area (Å²) < 4.78 is 1.94. The fraction of sp³-hybridized carbons (Fsp3) is 0.458. The fourth-order valence-electron chi connectivity index (χ4n) is 4.20. The molecular formula is C24H33N5O. The maximum Gasteiger partial charge on any atom is 0.256 e. The molecular weight excluding hydrogens is 374 g/mol. The van der Waals surface area contributed by atoms with Crippen LogP contribution in [0.3, 0.4) is 0 Å². The number of hydrogen-bond donors (Lipinski definition) is 2. The average Bonchev–Trinajstić information content (AvgIpc) is 3.26. The smallest absolute Gasteiger partial charge is 0.256 e. The molecule has 2 N–H and O–H groups in total. The maximum atomic E-state index is 13.0. The summed E-state index contributed by atoms with van der Waals surface area (Å²) in [5, 5.41) is 11.2. The topological polar surface area (TPSA) is 71.8 Å². The van der Waals surface area contributed by atoms with E-state index < -0.39 is 0 Å². The number of fused-ring (bicyclic) bond motifs is 1. The van der Waals surface area contributed by atoms with Gasteiger partial charge >= 0.3 is 0 Å². The third-order valence-electron chi connectivity index (χ3n) is 5.82. The summed E-state index contributed by atoms with van der Waals surface area (Å²) in [5.74, 6) is 0.715. The highest BCUT2D eigenvalue weighted by Crippen LogP contribution is 2.39. The quantitative estimate of drug-likeness (QED) is 0.703. The number of pyridine rings is 1. The SMILES string of the molecule is C=CC.CC1=C(C)CC(NC(=O)c2cnn3c2NC(c2ccccn2)CC3(C)C)C1. The Morgan fingerprint density at radius 3 is 2.57 bits per heavy atom. The molecule has 0 spiro atoms. The first-order valence-electron chi connectivity index (χ1n) is 10.6. The molecule has 2 aromatic heterocycles. The van der Waals surface area contributed by atoms with E-state index in [-0.39, 0.29) is 23.5 Å². The van der Waals surface area contributed by atoms with Gasteiger partial charge in [-0.2, -0.15) is 5.10 Å². The van der Waals surface area contributed by atoms with Crippen molar-refractivity contribution in [2.45, 2.75) is 71.5 Å². The summed E-state index contributed by atoms with van der Waals surface area (Å²) in [7, 11) is 0. The fourth-order valence-corrected chi connectivity index (χ4v) is 4.20. The molecule has 0 fully saturated rings. The molecule has 0 bridgehead atoms. The van der Waals surface area contributed by atoms with Crippen molar-refractivity contribution in [3.63, 3.8) is 0 Å². The van der Waals surface area contributed by atoms with E-state index in [1.54, 1.807) is 18.5 Å². The summed E-state index contributed by atoms with van der Waals surface area (Å²) in [4.78, 5) is 17.5. The molecule has 0 radical (unpaired) electrons. The minimum absolute atomic E-state index is 0.0505. The van der Waals surface area contributed by atoms with E-state index in [1.807, 2.05) is 29.8 Å². The minimum Gasteiger partial charge on any atom is -0.361 e. The molecule has 1 aliphatic carbocycles. The Morgan fingerprint density at radius 2 is 1.97 bits per heavy atom. The second kappa shape index (κ2) is 8.86. The molecule has 1 aliphatic heterocycles. The van der Waals surface area contributed by atoms with Crippen molar-refractivity contribution in [2.75, 3.05) is 5.32 Å². The standard InChI is InChI=1S/C21H27N5O.C3H6/c1-13-9-15(10-14(13)2)24-20(27)16-12-23-26-19(16)25-18(11-21(26,3)4)17-7-5-6-8-22-17;1-3-2/h5-8,12,15,18,25H,9-11H2,1-4H3,(H,24,27);3H,1H2,2H3. The van der Waals surface area contributed by atoms with Gasteiger partial charge in [0.05, 0.1) is 23.5 Å². The van der Waals surface area contributed by atoms with Crippen LogP contribution in [0, 0.1) is 0 Å². The van der Waals surface area contributed by atoms with E-state index in [0.29, 0.717) is 5.56 Å². The molecule has 6 nitrogen and oxygen atoms in total. The predicted octanol–water partition coefficient (Wildman–Crippen LogP) is 4.99. The maximum absolute atomic E-state index is 13.0. The van der Waals surface area contributed by atoms with E-state index in [0.717, 1.165) is 30.8 Å². The number of hydrogen-bond acceptors (Lipinski definition) is 4. The lowest BCUT2D eigenvalue weighted by molar-refractivity contribution is 0.0939. The van der Waals surface area contributed by atoms with Crippen molar-refractivity contribution in [3.8, 4) is 0 Å². The van der Waals surface area contributed by atoms with Crippen molar-refractivity contribution < 1.29 is 4.79 Å². The van der Waals surface area contributed by atoms with Gasteiger partial charge in [0.2, 0.25) is 0 Å². The number of nitrogens with one attached hydrogen (secondary N) is 2. The van der Waals surface area contributed by atoms with Gasteiger partial charge in [-0.15, -0.1) is 6.58 Å². The Bertz CT molecular complexity index is 928. The highest BCUT2D eigenvalue weighted by molar-refractivity contribution is 5.99. The van der Waals surface area contributed by atoms with Crippen molar-refractivity contribution >= 4 is 11.7 Å². The molecule has 6 heteroatoms. The summed E-state index contributed by atoms with van der Waals surface area (Å²) in [6.45, 7) is 13.8. The van der Waals surface area contributed by atoms with Gasteiger partial charge in [0.15, 0.2) is 0 Å². The van der Waals surface area contributed by atoms with Gasteiger partial charge in [-0.05, 0) is 66.0 Å². The van der Waals surface area contributed by atoms with Crippen LogP contribution in [0.25, 0.3) is 0 Å². The van der Waals surface area contributed by atoms with Crippen LogP contribution in [0.15, 0.2) is 54.4 Å². The van der Waals surface area contributed by atoms with Crippen LogP contribution in [-0.2, 0) is 5.54 Å². The van der Waals surface area contributed by atoms with Gasteiger partial charge in [-0.25, -0.2) is 4.68 Å². The van der Waals surface area contributed by atoms with Crippen LogP contribution in [0.5, 0.6) is 0 Å². The number of aromatic nitrogens is 3. The minimum atomic E-state index is -0.205. The Labute approximate surface area is 179 Å². The lowest BCUT2D eigenvalue weighted by Gasteiger charge is -2.38. The first-order valence-corrected chi connectivity index (χ1v) is 10.6. The number of carbonyl (C=O) groups excluding carboxylic acids is 1. The molecule has 0 saturated carbocycles. The highest BCUT2D eigenvalue weighted by atomic mass is 16.1. The molecule has 0 saturated heterocycles. The van der Waals surface area contributed by atoms with E-state index >= 15 is 0 Å². The largest absolute Gasteiger partial charge is 0.361 e. The zero-order chi connectivity index (χ0) is 21.9. The second-order valence-corrected chi connectivity index (χ2v) is 8.83. The van der Waals surface area contributed by atoms with E-state index in [4.69, 9.17) is 0 Å². The van der Waals surface area contributed by atoms with Gasteiger partial charge in [0.25, 0.3) is 5.91 Å². The molecule has 160 valence electrons. The third kappa shape index (κ3) is 4.48. The number of rotatable bonds is 3. The molecule has 2 aromatic rings. The van der Waals surface area contributed by atoms with Gasteiger partial charge in [-0.1, -0.05) is 23.3 Å². The lowest BCUT2D eigenvalue weighted by Crippen LogP contribution is -2.39. The molecule has 1 unspecified atom stereocenters. The number of allylic oxidation sites excluding steroid dienone is 1. The summed E-state index contributed by atoms with van der Waals surface area (Å²) in [6, 6.07) is 6.16. The van der Waals surface area contributed by atoms with Crippen LogP contribution >= 0.6 is 0 Å². The van der Waals surface area contributed by atoms with Crippen LogP contribution < -0.4 is 10.6 Å². The Kier molecular flexibility index (Phi) is 6.44. The number of anilines is 1. The first-order chi connectivity index (χ1) is 14.3. The molecule has 2 aliphatic rings. The van der Waals surface area contributed by atoms with Crippen molar-refractivity contribution in [3.05, 3.63) is 65.7 Å². The van der Waals surface area contributed by atoms with Crippen molar-refractivity contribution in [1.29, 1.82) is 0 Å². The molecule has 1 amide bonds. The predicted molar refractivity (Wildman–Crippen MR) is 121 cm³/mol. The van der Waals surface area contributed by atoms with Gasteiger partial charge in [0, 0.05) is 12.2 Å². The zero-order valence-corrected chi connectivity index (χ0v) is 18.7. The Hall–Kier alpha value is -2.89. The third-order valence-corrected chi connectivity index (χ3v) is 5.82. The molecule has 1 atom stereocenters. The second-order valence-electron chi connectivity index (χ2n) is 8.83. The van der Waals surface area contributed by atoms with Crippen LogP contribution in [0.4, 0.5) is 5.82 Å². The van der Waals surface area contributed by atoms with E-state index in [2.05, 4.69) is 55.0 Å². The van der Waals surface area contributed by atoms with Crippen LogP contribution in [0.2, 0.25) is 0 Å². The normalized spacial score (nSPS) is 20.0. The summed E-state index contributed by atoms with van der Waals surface area (Å²) >= 11 is 0. The summed E-state index contributed by atoms with van der Waals surface area (Å²) in [5.41, 5.74) is 4.14. The average molecular weight is 408 g/mol. The Balaban J connectivity index is 0.000000806. The number of nitrogens with zero attached hydrogens (tertiary/aromatic N) is 3. The number of carbonyl (C=O) groups is 1. The van der Waals surface area contributed by atoms with E-state index in [1.165, 1.54) is 11.1 Å². The summed E-state index contributed by atoms with van der Waals surface area (Å²) in [6.07, 6.45) is 7.95. The van der Waals surface area contributed by atoms with Crippen molar-refractivity contribution in [1.82, 2.24) is 20.1 Å². The molecule has 4 rings (SSSR count). The zero-order valence-electron chi connectivity index (χ0n) is 18.7. The molecule has 30 heavy (non-hydrogen) atoms. The highest BCUT2D eigenvalue weighted by Gasteiger charge is 2.37. The van der Waals surface area contributed by atoms with Crippen LogP contribution in [0.1, 0.15) is 76.0 Å². The first kappa shape index (κ1) is 21.8. The lowest BCUT2D eigenvalue weighted by atomic mass is 9.91. The van der Waals surface area contributed by atoms with Gasteiger partial charge in [-0.3, -0.25) is 9.78 Å².